The maximum Gasteiger partial charge on any atom is 0.228 e. The average Bonchev–Trinajstić information content (AvgIpc) is 2.28. The second-order valence-corrected chi connectivity index (χ2v) is 4.71. The van der Waals surface area contributed by atoms with E-state index in [9.17, 15) is 0 Å². The first-order chi connectivity index (χ1) is 8.15. The summed E-state index contributed by atoms with van der Waals surface area (Å²) >= 11 is 0. The van der Waals surface area contributed by atoms with Crippen molar-refractivity contribution in [1.82, 2.24) is 9.97 Å². The van der Waals surface area contributed by atoms with Crippen LogP contribution in [-0.4, -0.2) is 35.2 Å². The number of anilines is 1. The lowest BCUT2D eigenvalue weighted by Gasteiger charge is -2.30. The molecule has 0 aliphatic carbocycles. The molecule has 0 amide bonds. The molecule has 2 rings (SSSR count). The van der Waals surface area contributed by atoms with Crippen LogP contribution in [0.4, 0.5) is 5.95 Å². The molecule has 5 nitrogen and oxygen atoms in total. The van der Waals surface area contributed by atoms with Crippen LogP contribution in [0.2, 0.25) is 0 Å². The van der Waals surface area contributed by atoms with Gasteiger partial charge in [-0.25, -0.2) is 4.98 Å². The Morgan fingerprint density at radius 2 is 2.35 bits per heavy atom. The van der Waals surface area contributed by atoms with Crippen LogP contribution in [0, 0.1) is 0 Å². The molecule has 1 unspecified atom stereocenters. The summed E-state index contributed by atoms with van der Waals surface area (Å²) in [5.41, 5.74) is 5.95. The fourth-order valence-electron chi connectivity index (χ4n) is 1.98. The van der Waals surface area contributed by atoms with E-state index in [1.54, 1.807) is 12.3 Å². The van der Waals surface area contributed by atoms with E-state index in [0.29, 0.717) is 5.88 Å². The van der Waals surface area contributed by atoms with Crippen molar-refractivity contribution in [2.24, 2.45) is 5.73 Å². The summed E-state index contributed by atoms with van der Waals surface area (Å²) in [6, 6.07) is 2.01. The van der Waals surface area contributed by atoms with Gasteiger partial charge in [0.05, 0.1) is 6.10 Å². The normalized spacial score (nSPS) is 20.7. The Hall–Kier alpha value is -1.36. The molecule has 1 aromatic heterocycles. The molecule has 1 atom stereocenters. The Labute approximate surface area is 102 Å². The minimum absolute atomic E-state index is 0.126. The Morgan fingerprint density at radius 1 is 1.53 bits per heavy atom. The number of ether oxygens (including phenoxy) is 1. The topological polar surface area (TPSA) is 64.3 Å². The van der Waals surface area contributed by atoms with Gasteiger partial charge in [-0.3, -0.25) is 0 Å². The second-order valence-electron chi connectivity index (χ2n) is 4.71. The molecule has 2 N–H and O–H groups in total. The monoisotopic (exact) mass is 236 g/mol. The Balaban J connectivity index is 2.09. The lowest BCUT2D eigenvalue weighted by Crippen LogP contribution is -2.43. The van der Waals surface area contributed by atoms with Crippen molar-refractivity contribution < 1.29 is 4.74 Å². The number of aromatic nitrogens is 2. The highest BCUT2D eigenvalue weighted by Gasteiger charge is 2.19. The zero-order valence-electron chi connectivity index (χ0n) is 10.5. The van der Waals surface area contributed by atoms with Crippen molar-refractivity contribution in [3.63, 3.8) is 0 Å². The minimum Gasteiger partial charge on any atom is -0.475 e. The third kappa shape index (κ3) is 3.30. The van der Waals surface area contributed by atoms with E-state index < -0.39 is 0 Å². The van der Waals surface area contributed by atoms with Crippen LogP contribution in [0.25, 0.3) is 0 Å². The van der Waals surface area contributed by atoms with E-state index >= 15 is 0 Å². The summed E-state index contributed by atoms with van der Waals surface area (Å²) in [7, 11) is 0. The van der Waals surface area contributed by atoms with Gasteiger partial charge in [0.15, 0.2) is 0 Å². The SMILES string of the molecule is CC(C)Oc1ccnc(N2CCCC(N)C2)n1. The molecular formula is C12H20N4O. The van der Waals surface area contributed by atoms with Crippen LogP contribution in [0.15, 0.2) is 12.3 Å². The molecule has 0 aromatic carbocycles. The van der Waals surface area contributed by atoms with Crippen molar-refractivity contribution in [3.05, 3.63) is 12.3 Å². The predicted molar refractivity (Wildman–Crippen MR) is 67.2 cm³/mol. The highest BCUT2D eigenvalue weighted by Crippen LogP contribution is 2.17. The van der Waals surface area contributed by atoms with E-state index in [0.717, 1.165) is 31.9 Å². The molecule has 5 heteroatoms. The van der Waals surface area contributed by atoms with E-state index in [2.05, 4.69) is 14.9 Å². The van der Waals surface area contributed by atoms with E-state index in [1.165, 1.54) is 0 Å². The third-order valence-corrected chi connectivity index (χ3v) is 2.71. The van der Waals surface area contributed by atoms with E-state index in [4.69, 9.17) is 10.5 Å². The van der Waals surface area contributed by atoms with Gasteiger partial charge in [0.1, 0.15) is 0 Å². The zero-order chi connectivity index (χ0) is 12.3. The second kappa shape index (κ2) is 5.31. The first kappa shape index (κ1) is 12.1. The van der Waals surface area contributed by atoms with Crippen LogP contribution in [0.5, 0.6) is 5.88 Å². The Kier molecular flexibility index (Phi) is 3.78. The lowest BCUT2D eigenvalue weighted by atomic mass is 10.1. The van der Waals surface area contributed by atoms with Gasteiger partial charge in [-0.1, -0.05) is 0 Å². The van der Waals surface area contributed by atoms with Gasteiger partial charge in [0.25, 0.3) is 0 Å². The Morgan fingerprint density at radius 3 is 3.06 bits per heavy atom. The van der Waals surface area contributed by atoms with Gasteiger partial charge in [0.2, 0.25) is 11.8 Å². The quantitative estimate of drug-likeness (QED) is 0.854. The number of hydrogen-bond donors (Lipinski definition) is 1. The van der Waals surface area contributed by atoms with Crippen LogP contribution in [-0.2, 0) is 0 Å². The van der Waals surface area contributed by atoms with Gasteiger partial charge < -0.3 is 15.4 Å². The standard InChI is InChI=1S/C12H20N4O/c1-9(2)17-11-5-6-14-12(15-11)16-7-3-4-10(13)8-16/h5-6,9-10H,3-4,7-8,13H2,1-2H3. The number of rotatable bonds is 3. The largest absolute Gasteiger partial charge is 0.475 e. The highest BCUT2D eigenvalue weighted by molar-refractivity contribution is 5.33. The molecule has 1 saturated heterocycles. The van der Waals surface area contributed by atoms with Gasteiger partial charge in [0, 0.05) is 31.4 Å². The van der Waals surface area contributed by atoms with Gasteiger partial charge in [-0.15, -0.1) is 0 Å². The van der Waals surface area contributed by atoms with Gasteiger partial charge >= 0.3 is 0 Å². The fourth-order valence-corrected chi connectivity index (χ4v) is 1.98. The molecule has 0 bridgehead atoms. The predicted octanol–water partition coefficient (Wildman–Crippen LogP) is 1.19. The number of nitrogens with zero attached hydrogens (tertiary/aromatic N) is 3. The minimum atomic E-state index is 0.126. The zero-order valence-corrected chi connectivity index (χ0v) is 10.5. The van der Waals surface area contributed by atoms with Crippen molar-refractivity contribution in [1.29, 1.82) is 0 Å². The molecule has 94 valence electrons. The maximum atomic E-state index is 5.95. The van der Waals surface area contributed by atoms with Crippen LogP contribution < -0.4 is 15.4 Å². The number of hydrogen-bond acceptors (Lipinski definition) is 5. The van der Waals surface area contributed by atoms with Crippen LogP contribution >= 0.6 is 0 Å². The first-order valence-corrected chi connectivity index (χ1v) is 6.15. The summed E-state index contributed by atoms with van der Waals surface area (Å²) in [5.74, 6) is 1.35. The van der Waals surface area contributed by atoms with Crippen molar-refractivity contribution in [3.8, 4) is 5.88 Å². The summed E-state index contributed by atoms with van der Waals surface area (Å²) in [6.07, 6.45) is 4.04. The average molecular weight is 236 g/mol. The Bertz CT molecular complexity index is 369. The molecule has 0 radical (unpaired) electrons. The summed E-state index contributed by atoms with van der Waals surface area (Å²) < 4.78 is 5.56. The lowest BCUT2D eigenvalue weighted by molar-refractivity contribution is 0.232. The number of nitrogens with two attached hydrogens (primary N) is 1. The third-order valence-electron chi connectivity index (χ3n) is 2.71. The fraction of sp³-hybridized carbons (Fsp3) is 0.667. The summed E-state index contributed by atoms with van der Waals surface area (Å²) in [4.78, 5) is 10.8. The van der Waals surface area contributed by atoms with Crippen LogP contribution in [0.1, 0.15) is 26.7 Å². The maximum absolute atomic E-state index is 5.95. The highest BCUT2D eigenvalue weighted by atomic mass is 16.5. The van der Waals surface area contributed by atoms with Crippen molar-refractivity contribution in [2.45, 2.75) is 38.8 Å². The molecule has 1 aliphatic heterocycles. The van der Waals surface area contributed by atoms with Crippen LogP contribution in [0.3, 0.4) is 0 Å². The molecule has 2 heterocycles. The van der Waals surface area contributed by atoms with E-state index in [1.807, 2.05) is 13.8 Å². The number of piperidine rings is 1. The molecule has 1 fully saturated rings. The van der Waals surface area contributed by atoms with Crippen molar-refractivity contribution >= 4 is 5.95 Å². The van der Waals surface area contributed by atoms with E-state index in [-0.39, 0.29) is 12.1 Å². The molecular weight excluding hydrogens is 216 g/mol. The molecule has 1 aromatic rings. The smallest absolute Gasteiger partial charge is 0.228 e. The molecule has 0 spiro atoms. The summed E-state index contributed by atoms with van der Waals surface area (Å²) in [6.45, 7) is 5.77. The molecule has 0 saturated carbocycles. The molecule has 1 aliphatic rings. The van der Waals surface area contributed by atoms with Crippen molar-refractivity contribution in [2.75, 3.05) is 18.0 Å². The van der Waals surface area contributed by atoms with Gasteiger partial charge in [-0.2, -0.15) is 4.98 Å². The first-order valence-electron chi connectivity index (χ1n) is 6.15. The molecule has 17 heavy (non-hydrogen) atoms. The summed E-state index contributed by atoms with van der Waals surface area (Å²) in [5, 5.41) is 0. The van der Waals surface area contributed by atoms with Gasteiger partial charge in [-0.05, 0) is 26.7 Å².